The fraction of sp³-hybridized carbons (Fsp3) is 0.375. The van der Waals surface area contributed by atoms with E-state index in [0.29, 0.717) is 5.56 Å². The number of aryl methyl sites for hydroxylation is 1. The smallest absolute Gasteiger partial charge is 0.330 e. The van der Waals surface area contributed by atoms with Crippen molar-refractivity contribution in [3.8, 4) is 5.75 Å². The van der Waals surface area contributed by atoms with Crippen LogP contribution >= 0.6 is 0 Å². The molecule has 4 rings (SSSR count). The molecule has 0 saturated carbocycles. The van der Waals surface area contributed by atoms with E-state index in [4.69, 9.17) is 14.2 Å². The van der Waals surface area contributed by atoms with Crippen molar-refractivity contribution in [3.63, 3.8) is 0 Å². The number of methoxy groups -OCH3 is 1. The molecule has 0 radical (unpaired) electrons. The van der Waals surface area contributed by atoms with Gasteiger partial charge < -0.3 is 19.3 Å². The molecule has 9 heteroatoms. The van der Waals surface area contributed by atoms with E-state index in [9.17, 15) is 19.5 Å². The van der Waals surface area contributed by atoms with Gasteiger partial charge in [-0.1, -0.05) is 24.3 Å². The van der Waals surface area contributed by atoms with Gasteiger partial charge in [0.25, 0.3) is 5.56 Å². The fourth-order valence-corrected chi connectivity index (χ4v) is 3.90. The summed E-state index contributed by atoms with van der Waals surface area (Å²) in [5.74, 6) is -0.204. The number of fused-ring (bicyclic) bond motifs is 1. The molecule has 2 heterocycles. The predicted octanol–water partition coefficient (Wildman–Crippen LogP) is 2.00. The number of aromatic nitrogens is 2. The third-order valence-corrected chi connectivity index (χ3v) is 5.98. The molecule has 0 bridgehead atoms. The highest BCUT2D eigenvalue weighted by Gasteiger charge is 2.36. The lowest BCUT2D eigenvalue weighted by Gasteiger charge is -2.18. The second kappa shape index (κ2) is 9.21. The standard InChI is InChI=1S/C24H26N2O7/c1-13-11-26(24(30)25-22(13)28)21-10-19(27)20(33-21)12-32-23(29)14(2)15-4-5-17-9-18(31-3)7-6-16(17)8-15/h4-9,11,14,19-21,27H,10,12H2,1-3H3,(H,25,28,30)/t14-,19+,20-,21-/m1/s1. The minimum atomic E-state index is -0.923. The van der Waals surface area contributed by atoms with Crippen molar-refractivity contribution in [1.82, 2.24) is 9.55 Å². The SMILES string of the molecule is COc1ccc2cc([C@@H](C)C(=O)OC[C@H]3O[C@@H](n4cc(C)c(=O)[nH]c4=O)C[C@@H]3O)ccc2c1. The molecule has 0 unspecified atom stereocenters. The van der Waals surface area contributed by atoms with Crippen molar-refractivity contribution in [2.45, 2.75) is 44.6 Å². The number of H-pyrrole nitrogens is 1. The maximum atomic E-state index is 12.7. The summed E-state index contributed by atoms with van der Waals surface area (Å²) in [5.41, 5.74) is 0.0639. The van der Waals surface area contributed by atoms with Gasteiger partial charge in [0.15, 0.2) is 0 Å². The molecule has 174 valence electrons. The topological polar surface area (TPSA) is 120 Å². The van der Waals surface area contributed by atoms with Gasteiger partial charge in [0.05, 0.1) is 19.1 Å². The van der Waals surface area contributed by atoms with Crippen LogP contribution in [-0.4, -0.2) is 46.6 Å². The third-order valence-electron chi connectivity index (χ3n) is 5.98. The minimum absolute atomic E-state index is 0.136. The average molecular weight is 454 g/mol. The first-order valence-corrected chi connectivity index (χ1v) is 10.7. The largest absolute Gasteiger partial charge is 0.497 e. The number of nitrogens with one attached hydrogen (secondary N) is 1. The number of hydrogen-bond acceptors (Lipinski definition) is 7. The van der Waals surface area contributed by atoms with Crippen molar-refractivity contribution >= 4 is 16.7 Å². The number of esters is 1. The van der Waals surface area contributed by atoms with Crippen LogP contribution in [0.5, 0.6) is 5.75 Å². The van der Waals surface area contributed by atoms with Crippen molar-refractivity contribution < 1.29 is 24.1 Å². The molecule has 0 amide bonds. The normalized spacial score (nSPS) is 21.2. The van der Waals surface area contributed by atoms with E-state index in [2.05, 4.69) is 4.98 Å². The van der Waals surface area contributed by atoms with E-state index in [0.717, 1.165) is 22.1 Å². The van der Waals surface area contributed by atoms with Crippen LogP contribution in [0, 0.1) is 6.92 Å². The van der Waals surface area contributed by atoms with Crippen molar-refractivity contribution in [2.24, 2.45) is 0 Å². The summed E-state index contributed by atoms with van der Waals surface area (Å²) in [5, 5.41) is 12.3. The molecule has 0 spiro atoms. The van der Waals surface area contributed by atoms with E-state index < -0.39 is 41.6 Å². The Bertz CT molecular complexity index is 1300. The number of aromatic amines is 1. The molecule has 9 nitrogen and oxygen atoms in total. The summed E-state index contributed by atoms with van der Waals surface area (Å²) in [6.45, 7) is 3.18. The van der Waals surface area contributed by atoms with Crippen LogP contribution in [0.1, 0.15) is 36.6 Å². The van der Waals surface area contributed by atoms with E-state index in [1.54, 1.807) is 21.0 Å². The average Bonchev–Trinajstić information content (AvgIpc) is 3.18. The zero-order valence-electron chi connectivity index (χ0n) is 18.6. The van der Waals surface area contributed by atoms with Crippen LogP contribution in [0.25, 0.3) is 10.8 Å². The molecule has 0 aliphatic carbocycles. The highest BCUT2D eigenvalue weighted by molar-refractivity contribution is 5.86. The molecule has 2 N–H and O–H groups in total. The van der Waals surface area contributed by atoms with Gasteiger partial charge in [-0.05, 0) is 42.3 Å². The Hall–Kier alpha value is -3.43. The second-order valence-corrected chi connectivity index (χ2v) is 8.24. The van der Waals surface area contributed by atoms with Crippen molar-refractivity contribution in [1.29, 1.82) is 0 Å². The monoisotopic (exact) mass is 454 g/mol. The lowest BCUT2D eigenvalue weighted by Crippen LogP contribution is -2.33. The number of rotatable bonds is 6. The van der Waals surface area contributed by atoms with Gasteiger partial charge in [0.1, 0.15) is 24.7 Å². The molecule has 1 saturated heterocycles. The predicted molar refractivity (Wildman–Crippen MR) is 120 cm³/mol. The second-order valence-electron chi connectivity index (χ2n) is 8.24. The van der Waals surface area contributed by atoms with Gasteiger partial charge in [-0.15, -0.1) is 0 Å². The molecule has 33 heavy (non-hydrogen) atoms. The number of carbonyl (C=O) groups is 1. The molecule has 1 aliphatic rings. The Morgan fingerprint density at radius 2 is 1.97 bits per heavy atom. The molecular weight excluding hydrogens is 428 g/mol. The lowest BCUT2D eigenvalue weighted by atomic mass is 9.98. The van der Waals surface area contributed by atoms with Gasteiger partial charge in [-0.25, -0.2) is 4.79 Å². The minimum Gasteiger partial charge on any atom is -0.497 e. The quantitative estimate of drug-likeness (QED) is 0.547. The Labute approximate surface area is 189 Å². The third kappa shape index (κ3) is 4.69. The fourth-order valence-electron chi connectivity index (χ4n) is 3.90. The number of nitrogens with zero attached hydrogens (tertiary/aromatic N) is 1. The maximum Gasteiger partial charge on any atom is 0.330 e. The molecule has 4 atom stereocenters. The summed E-state index contributed by atoms with van der Waals surface area (Å²) < 4.78 is 17.7. The van der Waals surface area contributed by atoms with E-state index >= 15 is 0 Å². The van der Waals surface area contributed by atoms with Crippen LogP contribution in [-0.2, 0) is 14.3 Å². The first kappa shape index (κ1) is 22.8. The van der Waals surface area contributed by atoms with E-state index in [-0.39, 0.29) is 13.0 Å². The summed E-state index contributed by atoms with van der Waals surface area (Å²) in [6, 6.07) is 11.4. The zero-order valence-corrected chi connectivity index (χ0v) is 18.6. The number of aliphatic hydroxyl groups is 1. The van der Waals surface area contributed by atoms with Crippen LogP contribution in [0.3, 0.4) is 0 Å². The van der Waals surface area contributed by atoms with Crippen LogP contribution in [0.4, 0.5) is 0 Å². The summed E-state index contributed by atoms with van der Waals surface area (Å²) >= 11 is 0. The number of benzene rings is 2. The Morgan fingerprint density at radius 3 is 2.73 bits per heavy atom. The number of aliphatic hydroxyl groups excluding tert-OH is 1. The molecule has 1 fully saturated rings. The molecule has 1 aliphatic heterocycles. The molecule has 1 aromatic heterocycles. The Morgan fingerprint density at radius 1 is 1.24 bits per heavy atom. The maximum absolute atomic E-state index is 12.7. The van der Waals surface area contributed by atoms with Gasteiger partial charge in [0, 0.05) is 18.2 Å². The highest BCUT2D eigenvalue weighted by atomic mass is 16.6. The van der Waals surface area contributed by atoms with Gasteiger partial charge in [-0.2, -0.15) is 0 Å². The van der Waals surface area contributed by atoms with E-state index in [1.807, 2.05) is 36.4 Å². The van der Waals surface area contributed by atoms with Crippen LogP contribution < -0.4 is 16.0 Å². The van der Waals surface area contributed by atoms with Crippen molar-refractivity contribution in [2.75, 3.05) is 13.7 Å². The van der Waals surface area contributed by atoms with Gasteiger partial charge in [-0.3, -0.25) is 19.1 Å². The highest BCUT2D eigenvalue weighted by Crippen LogP contribution is 2.29. The lowest BCUT2D eigenvalue weighted by molar-refractivity contribution is -0.151. The van der Waals surface area contributed by atoms with Gasteiger partial charge in [0.2, 0.25) is 0 Å². The van der Waals surface area contributed by atoms with Crippen molar-refractivity contribution in [3.05, 3.63) is 74.6 Å². The summed E-state index contributed by atoms with van der Waals surface area (Å²) in [6.07, 6.45) is -0.939. The van der Waals surface area contributed by atoms with Crippen LogP contribution in [0.15, 0.2) is 52.2 Å². The van der Waals surface area contributed by atoms with Gasteiger partial charge >= 0.3 is 11.7 Å². The molecule has 3 aromatic rings. The number of hydrogen-bond donors (Lipinski definition) is 2. The Kier molecular flexibility index (Phi) is 6.35. The zero-order chi connectivity index (χ0) is 23.7. The van der Waals surface area contributed by atoms with Crippen LogP contribution in [0.2, 0.25) is 0 Å². The number of carbonyl (C=O) groups excluding carboxylic acids is 1. The summed E-state index contributed by atoms with van der Waals surface area (Å²) in [4.78, 5) is 38.5. The summed E-state index contributed by atoms with van der Waals surface area (Å²) in [7, 11) is 1.61. The first-order chi connectivity index (χ1) is 15.8. The first-order valence-electron chi connectivity index (χ1n) is 10.7. The van der Waals surface area contributed by atoms with E-state index in [1.165, 1.54) is 10.8 Å². The molecular formula is C24H26N2O7. The number of ether oxygens (including phenoxy) is 3. The molecule has 2 aromatic carbocycles. The Balaban J connectivity index is 1.40.